The lowest BCUT2D eigenvalue weighted by Crippen LogP contribution is -2.37. The van der Waals surface area contributed by atoms with Crippen molar-refractivity contribution < 1.29 is 22.7 Å². The summed E-state index contributed by atoms with van der Waals surface area (Å²) in [7, 11) is -2.22. The van der Waals surface area contributed by atoms with Crippen LogP contribution in [-0.4, -0.2) is 40.8 Å². The summed E-state index contributed by atoms with van der Waals surface area (Å²) in [6.07, 6.45) is 1.04. The van der Waals surface area contributed by atoms with Crippen molar-refractivity contribution in [1.82, 2.24) is 0 Å². The number of hydrogen-bond acceptors (Lipinski definition) is 5. The van der Waals surface area contributed by atoms with Gasteiger partial charge in [0, 0.05) is 5.02 Å². The number of amides is 1. The van der Waals surface area contributed by atoms with Gasteiger partial charge in [-0.25, -0.2) is 8.42 Å². The van der Waals surface area contributed by atoms with Gasteiger partial charge in [0.15, 0.2) is 0 Å². The Morgan fingerprint density at radius 1 is 1.19 bits per heavy atom. The molecule has 0 bridgehead atoms. The van der Waals surface area contributed by atoms with Crippen molar-refractivity contribution in [2.24, 2.45) is 0 Å². The zero-order valence-corrected chi connectivity index (χ0v) is 16.8. The smallest absolute Gasteiger partial charge is 0.245 e. The average molecular weight is 413 g/mol. The highest BCUT2D eigenvalue weighted by atomic mass is 35.5. The van der Waals surface area contributed by atoms with Gasteiger partial charge in [-0.3, -0.25) is 9.10 Å². The molecule has 0 aliphatic heterocycles. The van der Waals surface area contributed by atoms with Gasteiger partial charge in [0.2, 0.25) is 15.9 Å². The molecule has 0 aromatic heterocycles. The minimum Gasteiger partial charge on any atom is -0.495 e. The van der Waals surface area contributed by atoms with Crippen LogP contribution < -0.4 is 19.1 Å². The Morgan fingerprint density at radius 3 is 2.41 bits per heavy atom. The summed E-state index contributed by atoms with van der Waals surface area (Å²) in [5, 5.41) is 3.04. The molecule has 0 radical (unpaired) electrons. The summed E-state index contributed by atoms with van der Waals surface area (Å²) < 4.78 is 35.9. The zero-order valence-electron chi connectivity index (χ0n) is 15.2. The molecule has 7 nitrogen and oxygen atoms in total. The minimum absolute atomic E-state index is 0.356. The number of carbonyl (C=O) groups is 1. The molecule has 2 aromatic carbocycles. The quantitative estimate of drug-likeness (QED) is 0.719. The second-order valence-electron chi connectivity index (χ2n) is 5.59. The van der Waals surface area contributed by atoms with Crippen molar-refractivity contribution in [1.29, 1.82) is 0 Å². The van der Waals surface area contributed by atoms with Crippen LogP contribution in [-0.2, 0) is 14.8 Å². The first-order valence-corrected chi connectivity index (χ1v) is 10.3. The van der Waals surface area contributed by atoms with Gasteiger partial charge in [-0.1, -0.05) is 11.6 Å². The molecule has 0 heterocycles. The predicted molar refractivity (Wildman–Crippen MR) is 106 cm³/mol. The Labute approximate surface area is 163 Å². The topological polar surface area (TPSA) is 84.9 Å². The van der Waals surface area contributed by atoms with Crippen LogP contribution >= 0.6 is 11.6 Å². The van der Waals surface area contributed by atoms with E-state index in [2.05, 4.69) is 5.32 Å². The van der Waals surface area contributed by atoms with Crippen LogP contribution in [0.3, 0.4) is 0 Å². The number of anilines is 2. The SMILES string of the molecule is CCOc1ccc(N(CC(=O)Nc2cc(Cl)ccc2OC)S(C)(=O)=O)cc1. The number of ether oxygens (including phenoxy) is 2. The zero-order chi connectivity index (χ0) is 20.0. The van der Waals surface area contributed by atoms with Crippen LogP contribution in [0.2, 0.25) is 5.02 Å². The van der Waals surface area contributed by atoms with Gasteiger partial charge in [-0.15, -0.1) is 0 Å². The van der Waals surface area contributed by atoms with Gasteiger partial charge in [0.1, 0.15) is 18.0 Å². The average Bonchev–Trinajstić information content (AvgIpc) is 2.60. The third kappa shape index (κ3) is 5.77. The number of sulfonamides is 1. The van der Waals surface area contributed by atoms with Crippen molar-refractivity contribution in [3.63, 3.8) is 0 Å². The third-order valence-electron chi connectivity index (χ3n) is 3.56. The van der Waals surface area contributed by atoms with E-state index < -0.39 is 22.5 Å². The minimum atomic E-state index is -3.68. The molecule has 0 fully saturated rings. The van der Waals surface area contributed by atoms with Crippen molar-refractivity contribution in [3.8, 4) is 11.5 Å². The van der Waals surface area contributed by atoms with Gasteiger partial charge in [0.25, 0.3) is 0 Å². The Morgan fingerprint density at radius 2 is 1.85 bits per heavy atom. The van der Waals surface area contributed by atoms with Crippen LogP contribution in [0.1, 0.15) is 6.92 Å². The van der Waals surface area contributed by atoms with Gasteiger partial charge >= 0.3 is 0 Å². The normalized spacial score (nSPS) is 11.0. The van der Waals surface area contributed by atoms with Crippen molar-refractivity contribution in [2.75, 3.05) is 36.1 Å². The molecule has 0 saturated carbocycles. The van der Waals surface area contributed by atoms with Crippen LogP contribution in [0, 0.1) is 0 Å². The lowest BCUT2D eigenvalue weighted by molar-refractivity contribution is -0.114. The fourth-order valence-corrected chi connectivity index (χ4v) is 3.40. The molecule has 0 unspecified atom stereocenters. The van der Waals surface area contributed by atoms with Crippen LogP contribution in [0.4, 0.5) is 11.4 Å². The summed E-state index contributed by atoms with van der Waals surface area (Å²) in [4.78, 5) is 12.5. The van der Waals surface area contributed by atoms with E-state index in [4.69, 9.17) is 21.1 Å². The monoisotopic (exact) mass is 412 g/mol. The molecule has 0 spiro atoms. The second kappa shape index (κ2) is 8.96. The number of nitrogens with zero attached hydrogens (tertiary/aromatic N) is 1. The number of halogens is 1. The molecular formula is C18H21ClN2O5S. The van der Waals surface area contributed by atoms with E-state index >= 15 is 0 Å². The molecular weight excluding hydrogens is 392 g/mol. The third-order valence-corrected chi connectivity index (χ3v) is 4.93. The largest absolute Gasteiger partial charge is 0.495 e. The molecule has 1 amide bonds. The lowest BCUT2D eigenvalue weighted by Gasteiger charge is -2.22. The summed E-state index contributed by atoms with van der Waals surface area (Å²) in [6.45, 7) is 1.95. The van der Waals surface area contributed by atoms with E-state index in [1.165, 1.54) is 13.2 Å². The van der Waals surface area contributed by atoms with Crippen LogP contribution in [0.25, 0.3) is 0 Å². The summed E-state index contributed by atoms with van der Waals surface area (Å²) in [5.41, 5.74) is 0.712. The molecule has 146 valence electrons. The van der Waals surface area contributed by atoms with E-state index in [0.717, 1.165) is 10.6 Å². The number of benzene rings is 2. The van der Waals surface area contributed by atoms with Gasteiger partial charge in [-0.05, 0) is 49.4 Å². The van der Waals surface area contributed by atoms with E-state index in [0.29, 0.717) is 34.5 Å². The Bertz CT molecular complexity index is 900. The number of nitrogens with one attached hydrogen (secondary N) is 1. The lowest BCUT2D eigenvalue weighted by atomic mass is 10.3. The highest BCUT2D eigenvalue weighted by Gasteiger charge is 2.21. The number of methoxy groups -OCH3 is 1. The molecule has 27 heavy (non-hydrogen) atoms. The van der Waals surface area contributed by atoms with Crippen LogP contribution in [0.15, 0.2) is 42.5 Å². The summed E-state index contributed by atoms with van der Waals surface area (Å²) in [5.74, 6) is 0.498. The number of carbonyl (C=O) groups excluding carboxylic acids is 1. The fraction of sp³-hybridized carbons (Fsp3) is 0.278. The number of rotatable bonds is 8. The maximum absolute atomic E-state index is 12.5. The van der Waals surface area contributed by atoms with Crippen molar-refractivity contribution in [3.05, 3.63) is 47.5 Å². The van der Waals surface area contributed by atoms with E-state index in [9.17, 15) is 13.2 Å². The number of hydrogen-bond donors (Lipinski definition) is 1. The Balaban J connectivity index is 2.21. The Hall–Kier alpha value is -2.45. The van der Waals surface area contributed by atoms with Gasteiger partial charge < -0.3 is 14.8 Å². The molecule has 0 atom stereocenters. The first kappa shape index (κ1) is 20.9. The molecule has 0 aliphatic carbocycles. The standard InChI is InChI=1S/C18H21ClN2O5S/c1-4-26-15-8-6-14(7-9-15)21(27(3,23)24)12-18(22)20-16-11-13(19)5-10-17(16)25-2/h5-11H,4,12H2,1-3H3,(H,20,22). The Kier molecular flexibility index (Phi) is 6.92. The van der Waals surface area contributed by atoms with E-state index in [1.54, 1.807) is 36.4 Å². The van der Waals surface area contributed by atoms with E-state index in [1.807, 2.05) is 6.92 Å². The molecule has 2 aromatic rings. The molecule has 9 heteroatoms. The fourth-order valence-electron chi connectivity index (χ4n) is 2.37. The second-order valence-corrected chi connectivity index (χ2v) is 7.93. The first-order valence-electron chi connectivity index (χ1n) is 8.08. The maximum Gasteiger partial charge on any atom is 0.245 e. The highest BCUT2D eigenvalue weighted by Crippen LogP contribution is 2.28. The van der Waals surface area contributed by atoms with Gasteiger partial charge in [0.05, 0.1) is 31.3 Å². The van der Waals surface area contributed by atoms with Crippen molar-refractivity contribution in [2.45, 2.75) is 6.92 Å². The van der Waals surface area contributed by atoms with E-state index in [-0.39, 0.29) is 0 Å². The first-order chi connectivity index (χ1) is 12.7. The molecule has 2 rings (SSSR count). The van der Waals surface area contributed by atoms with Crippen LogP contribution in [0.5, 0.6) is 11.5 Å². The molecule has 1 N–H and O–H groups in total. The van der Waals surface area contributed by atoms with Gasteiger partial charge in [-0.2, -0.15) is 0 Å². The highest BCUT2D eigenvalue weighted by molar-refractivity contribution is 7.92. The maximum atomic E-state index is 12.5. The molecule has 0 saturated heterocycles. The summed E-state index contributed by atoms with van der Waals surface area (Å²) in [6, 6.07) is 11.2. The molecule has 0 aliphatic rings. The summed E-state index contributed by atoms with van der Waals surface area (Å²) >= 11 is 5.95. The predicted octanol–water partition coefficient (Wildman–Crippen LogP) is 3.15. The van der Waals surface area contributed by atoms with Crippen molar-refractivity contribution >= 4 is 38.9 Å².